The number of hydrogen-bond donors (Lipinski definition) is 0. The van der Waals surface area contributed by atoms with Crippen molar-refractivity contribution < 1.29 is 38.1 Å². The number of pyridine rings is 1. The van der Waals surface area contributed by atoms with Crippen LogP contribution in [0.15, 0.2) is 42.5 Å². The number of esters is 2. The second-order valence-corrected chi connectivity index (χ2v) is 16.5. The molecule has 3 heterocycles. The molecule has 0 radical (unpaired) electrons. The quantitative estimate of drug-likeness (QED) is 0.231. The number of nitrogens with zero attached hydrogens (tertiary/aromatic N) is 3. The van der Waals surface area contributed by atoms with Crippen molar-refractivity contribution in [1.82, 2.24) is 9.88 Å². The first kappa shape index (κ1) is 36.1. The molecule has 2 saturated heterocycles. The van der Waals surface area contributed by atoms with Gasteiger partial charge in [-0.1, -0.05) is 44.2 Å². The largest absolute Gasteiger partial charge is 0.457 e. The maximum Gasteiger partial charge on any atom is 0.416 e. The fraction of sp³-hybridized carbons (Fsp3) is 0.605. The van der Waals surface area contributed by atoms with Gasteiger partial charge in [-0.15, -0.1) is 0 Å². The van der Waals surface area contributed by atoms with Gasteiger partial charge in [0.1, 0.15) is 23.1 Å². The Labute approximate surface area is 289 Å². The van der Waals surface area contributed by atoms with Crippen LogP contribution in [0, 0.1) is 23.7 Å². The molecule has 2 amide bonds. The van der Waals surface area contributed by atoms with Crippen LogP contribution in [0.4, 0.5) is 15.4 Å². The number of hydrogen-bond acceptors (Lipinski definition) is 9. The summed E-state index contributed by atoms with van der Waals surface area (Å²) in [5, 5.41) is 0. The van der Waals surface area contributed by atoms with Crippen molar-refractivity contribution in [2.24, 2.45) is 16.7 Å². The average Bonchev–Trinajstić information content (AvgIpc) is 3.51. The molecule has 2 unspecified atom stereocenters. The van der Waals surface area contributed by atoms with E-state index in [1.165, 1.54) is 4.90 Å². The minimum atomic E-state index is -1.40. The van der Waals surface area contributed by atoms with E-state index in [0.29, 0.717) is 30.8 Å². The van der Waals surface area contributed by atoms with Crippen molar-refractivity contribution in [2.45, 2.75) is 118 Å². The molecule has 1 saturated carbocycles. The molecule has 11 nitrogen and oxygen atoms in total. The molecule has 2 bridgehead atoms. The molecule has 1 aromatic heterocycles. The van der Waals surface area contributed by atoms with Crippen LogP contribution in [0.2, 0.25) is 0 Å². The molecule has 1 aliphatic carbocycles. The first-order chi connectivity index (χ1) is 22.6. The zero-order chi connectivity index (χ0) is 36.2. The average molecular weight is 678 g/mol. The third kappa shape index (κ3) is 7.12. The smallest absolute Gasteiger partial charge is 0.416 e. The number of aryl methyl sites for hydroxylation is 1. The zero-order valence-corrected chi connectivity index (χ0v) is 30.5. The van der Waals surface area contributed by atoms with Crippen molar-refractivity contribution in [2.75, 3.05) is 18.0 Å². The van der Waals surface area contributed by atoms with E-state index in [9.17, 15) is 19.2 Å². The van der Waals surface area contributed by atoms with E-state index in [1.54, 1.807) is 25.7 Å². The standard InChI is InChI=1S/C38H51N3O8/c1-24-18-27(39-29(19-24)41(33(45)49-35(5,6)7)21-25-14-12-11-13-15-25)20-26-22-40(32(44)48-34(2,3)4)23-28(26)46-31(43)38-17-16-37(10,30(42)47-38)36(38,8)9/h11-15,18-19,26,28H,16-17,20-23H2,1-10H3/t26?,28?,37-,38+/m0/s1. The molecular weight excluding hydrogens is 626 g/mol. The van der Waals surface area contributed by atoms with Crippen LogP contribution in [0.5, 0.6) is 0 Å². The third-order valence-corrected chi connectivity index (χ3v) is 10.3. The Morgan fingerprint density at radius 2 is 1.61 bits per heavy atom. The molecule has 49 heavy (non-hydrogen) atoms. The summed E-state index contributed by atoms with van der Waals surface area (Å²) in [6.07, 6.45) is -0.507. The first-order valence-electron chi connectivity index (χ1n) is 17.1. The van der Waals surface area contributed by atoms with Crippen molar-refractivity contribution in [3.8, 4) is 0 Å². The predicted molar refractivity (Wildman–Crippen MR) is 183 cm³/mol. The van der Waals surface area contributed by atoms with Gasteiger partial charge in [-0.3, -0.25) is 9.69 Å². The molecule has 2 aliphatic heterocycles. The molecule has 0 spiro atoms. The lowest BCUT2D eigenvalue weighted by atomic mass is 9.66. The van der Waals surface area contributed by atoms with Gasteiger partial charge in [0.2, 0.25) is 5.60 Å². The van der Waals surface area contributed by atoms with Crippen molar-refractivity contribution >= 4 is 29.9 Å². The van der Waals surface area contributed by atoms with Crippen molar-refractivity contribution in [3.05, 3.63) is 59.3 Å². The SMILES string of the molecule is Cc1cc(CC2CN(C(=O)OC(C)(C)C)CC2OC(=O)[C@@]23CC[C@@](C)(C(=O)O2)C3(C)C)nc(N(Cc2ccccc2)C(=O)OC(C)(C)C)c1. The lowest BCUT2D eigenvalue weighted by molar-refractivity contribution is -0.188. The number of benzene rings is 1. The Morgan fingerprint density at radius 3 is 2.18 bits per heavy atom. The number of carbonyl (C=O) groups is 4. The molecular formula is C38H51N3O8. The van der Waals surface area contributed by atoms with E-state index < -0.39 is 51.9 Å². The van der Waals surface area contributed by atoms with Gasteiger partial charge in [-0.25, -0.2) is 19.4 Å². The fourth-order valence-corrected chi connectivity index (χ4v) is 7.13. The van der Waals surface area contributed by atoms with Crippen LogP contribution in [-0.4, -0.2) is 70.0 Å². The van der Waals surface area contributed by atoms with Crippen LogP contribution in [-0.2, 0) is 41.5 Å². The topological polar surface area (TPSA) is 125 Å². The van der Waals surface area contributed by atoms with Crippen LogP contribution in [0.3, 0.4) is 0 Å². The maximum absolute atomic E-state index is 14.0. The Bertz CT molecular complexity index is 1610. The van der Waals surface area contributed by atoms with Crippen molar-refractivity contribution in [3.63, 3.8) is 0 Å². The number of ether oxygens (including phenoxy) is 4. The number of likely N-dealkylation sites (tertiary alicyclic amines) is 1. The molecule has 4 atom stereocenters. The molecule has 266 valence electrons. The lowest BCUT2D eigenvalue weighted by Crippen LogP contribution is -2.50. The Morgan fingerprint density at radius 1 is 0.959 bits per heavy atom. The Kier molecular flexibility index (Phi) is 9.31. The summed E-state index contributed by atoms with van der Waals surface area (Å²) in [6.45, 7) is 19.0. The summed E-state index contributed by atoms with van der Waals surface area (Å²) in [7, 11) is 0. The second kappa shape index (κ2) is 12.6. The highest BCUT2D eigenvalue weighted by Gasteiger charge is 2.76. The van der Waals surface area contributed by atoms with Crippen LogP contribution in [0.1, 0.15) is 92.0 Å². The summed E-state index contributed by atoms with van der Waals surface area (Å²) >= 11 is 0. The molecule has 3 fully saturated rings. The number of rotatable bonds is 7. The molecule has 0 N–H and O–H groups in total. The summed E-state index contributed by atoms with van der Waals surface area (Å²) in [5.74, 6) is -0.912. The van der Waals surface area contributed by atoms with E-state index in [-0.39, 0.29) is 31.5 Å². The summed E-state index contributed by atoms with van der Waals surface area (Å²) in [5.41, 5.74) is -1.95. The summed E-state index contributed by atoms with van der Waals surface area (Å²) < 4.78 is 23.5. The normalized spacial score (nSPS) is 25.9. The highest BCUT2D eigenvalue weighted by Crippen LogP contribution is 2.66. The van der Waals surface area contributed by atoms with Gasteiger partial charge in [0.25, 0.3) is 0 Å². The van der Waals surface area contributed by atoms with Gasteiger partial charge in [-0.2, -0.15) is 0 Å². The lowest BCUT2D eigenvalue weighted by Gasteiger charge is -2.35. The van der Waals surface area contributed by atoms with Gasteiger partial charge < -0.3 is 23.8 Å². The number of aromatic nitrogens is 1. The predicted octanol–water partition coefficient (Wildman–Crippen LogP) is 6.77. The summed E-state index contributed by atoms with van der Waals surface area (Å²) in [6, 6.07) is 13.4. The van der Waals surface area contributed by atoms with E-state index in [2.05, 4.69) is 0 Å². The minimum absolute atomic E-state index is 0.115. The van der Waals surface area contributed by atoms with Crippen LogP contribution >= 0.6 is 0 Å². The summed E-state index contributed by atoms with van der Waals surface area (Å²) in [4.78, 5) is 61.7. The molecule has 3 aliphatic rings. The van der Waals surface area contributed by atoms with Gasteiger partial charge in [0.15, 0.2) is 0 Å². The van der Waals surface area contributed by atoms with E-state index in [4.69, 9.17) is 23.9 Å². The van der Waals surface area contributed by atoms with E-state index in [0.717, 1.165) is 11.1 Å². The highest BCUT2D eigenvalue weighted by atomic mass is 16.6. The van der Waals surface area contributed by atoms with Gasteiger partial charge in [-0.05, 0) is 97.9 Å². The number of carbonyl (C=O) groups excluding carboxylic acids is 4. The van der Waals surface area contributed by atoms with E-state index in [1.807, 2.05) is 90.9 Å². The Hall–Kier alpha value is -4.15. The first-order valence-corrected chi connectivity index (χ1v) is 17.1. The Balaban J connectivity index is 1.44. The molecule has 5 rings (SSSR count). The second-order valence-electron chi connectivity index (χ2n) is 16.5. The van der Waals surface area contributed by atoms with Crippen LogP contribution in [0.25, 0.3) is 0 Å². The van der Waals surface area contributed by atoms with Crippen molar-refractivity contribution in [1.29, 1.82) is 0 Å². The third-order valence-electron chi connectivity index (χ3n) is 10.3. The van der Waals surface area contributed by atoms with E-state index >= 15 is 0 Å². The highest BCUT2D eigenvalue weighted by molar-refractivity contribution is 5.93. The number of fused-ring (bicyclic) bond motifs is 2. The fourth-order valence-electron chi connectivity index (χ4n) is 7.13. The van der Waals surface area contributed by atoms with Gasteiger partial charge in [0, 0.05) is 23.6 Å². The molecule has 1 aromatic carbocycles. The maximum atomic E-state index is 14.0. The number of amides is 2. The molecule has 11 heteroatoms. The monoisotopic (exact) mass is 677 g/mol. The zero-order valence-electron chi connectivity index (χ0n) is 30.5. The molecule has 2 aromatic rings. The number of anilines is 1. The minimum Gasteiger partial charge on any atom is -0.457 e. The van der Waals surface area contributed by atoms with Gasteiger partial charge in [0.05, 0.1) is 18.5 Å². The van der Waals surface area contributed by atoms with Crippen LogP contribution < -0.4 is 4.90 Å². The van der Waals surface area contributed by atoms with Gasteiger partial charge >= 0.3 is 24.1 Å².